The van der Waals surface area contributed by atoms with Crippen molar-refractivity contribution in [1.82, 2.24) is 0 Å². The van der Waals surface area contributed by atoms with Crippen LogP contribution in [0.5, 0.6) is 11.5 Å². The average Bonchev–Trinajstić information content (AvgIpc) is 2.74. The van der Waals surface area contributed by atoms with E-state index in [0.29, 0.717) is 17.1 Å². The van der Waals surface area contributed by atoms with E-state index in [2.05, 4.69) is 0 Å². The quantitative estimate of drug-likeness (QED) is 0.623. The van der Waals surface area contributed by atoms with E-state index in [1.54, 1.807) is 25.3 Å². The molecule has 0 unspecified atom stereocenters. The van der Waals surface area contributed by atoms with Gasteiger partial charge in [-0.3, -0.25) is 0 Å². The van der Waals surface area contributed by atoms with E-state index in [-0.39, 0.29) is 12.1 Å². The van der Waals surface area contributed by atoms with Gasteiger partial charge in [-0.05, 0) is 37.8 Å². The number of hydrogen-bond donors (Lipinski definition) is 0. The van der Waals surface area contributed by atoms with Crippen LogP contribution in [0.1, 0.15) is 48.9 Å². The fraction of sp³-hybridized carbons (Fsp3) is 0.562. The second-order valence-electron chi connectivity index (χ2n) is 5.06. The standard InChI is InChI=1S/C16H22O4/c1-18-14-11-7-10-13(15(14)19-2)16(17)20-12-8-5-3-4-6-9-12/h7,10-12H,3-6,8-9H2,1-2H3. The second-order valence-corrected chi connectivity index (χ2v) is 5.06. The summed E-state index contributed by atoms with van der Waals surface area (Å²) in [5.74, 6) is 0.657. The zero-order chi connectivity index (χ0) is 14.4. The first kappa shape index (κ1) is 14.7. The van der Waals surface area contributed by atoms with Crippen molar-refractivity contribution in [3.8, 4) is 11.5 Å². The van der Waals surface area contributed by atoms with Crippen LogP contribution in [0.25, 0.3) is 0 Å². The summed E-state index contributed by atoms with van der Waals surface area (Å²) in [6, 6.07) is 5.24. The molecule has 0 heterocycles. The molecule has 1 saturated carbocycles. The second kappa shape index (κ2) is 7.17. The highest BCUT2D eigenvalue weighted by Crippen LogP contribution is 2.32. The highest BCUT2D eigenvalue weighted by atomic mass is 16.5. The van der Waals surface area contributed by atoms with Gasteiger partial charge in [-0.25, -0.2) is 4.79 Å². The zero-order valence-electron chi connectivity index (χ0n) is 12.2. The minimum absolute atomic E-state index is 0.0286. The normalized spacial score (nSPS) is 16.3. The van der Waals surface area contributed by atoms with Crippen LogP contribution in [-0.2, 0) is 4.74 Å². The molecule has 0 N–H and O–H groups in total. The number of rotatable bonds is 4. The Kier molecular flexibility index (Phi) is 5.27. The molecule has 0 aliphatic heterocycles. The average molecular weight is 278 g/mol. The Labute approximate surface area is 120 Å². The Morgan fingerprint density at radius 3 is 2.35 bits per heavy atom. The van der Waals surface area contributed by atoms with E-state index in [4.69, 9.17) is 14.2 Å². The van der Waals surface area contributed by atoms with Crippen molar-refractivity contribution in [2.24, 2.45) is 0 Å². The molecule has 0 atom stereocenters. The summed E-state index contributed by atoms with van der Waals surface area (Å²) in [5, 5.41) is 0. The first-order chi connectivity index (χ1) is 9.76. The van der Waals surface area contributed by atoms with Gasteiger partial charge in [0.15, 0.2) is 11.5 Å². The first-order valence-corrected chi connectivity index (χ1v) is 7.18. The molecule has 110 valence electrons. The number of esters is 1. The molecule has 2 rings (SSSR count). The molecule has 0 radical (unpaired) electrons. The predicted octanol–water partition coefficient (Wildman–Crippen LogP) is 3.58. The summed E-state index contributed by atoms with van der Waals surface area (Å²) in [7, 11) is 3.08. The maximum absolute atomic E-state index is 12.3. The van der Waals surface area contributed by atoms with Crippen LogP contribution >= 0.6 is 0 Å². The molecular formula is C16H22O4. The minimum atomic E-state index is -0.326. The lowest BCUT2D eigenvalue weighted by molar-refractivity contribution is 0.0263. The maximum Gasteiger partial charge on any atom is 0.342 e. The Morgan fingerprint density at radius 2 is 1.75 bits per heavy atom. The molecule has 0 saturated heterocycles. The Bertz CT molecular complexity index is 448. The van der Waals surface area contributed by atoms with E-state index in [1.807, 2.05) is 0 Å². The van der Waals surface area contributed by atoms with Crippen LogP contribution in [0.4, 0.5) is 0 Å². The number of carbonyl (C=O) groups is 1. The summed E-state index contributed by atoms with van der Waals surface area (Å²) in [4.78, 5) is 12.3. The van der Waals surface area contributed by atoms with Gasteiger partial charge >= 0.3 is 5.97 Å². The van der Waals surface area contributed by atoms with E-state index < -0.39 is 0 Å². The molecule has 1 aromatic rings. The highest BCUT2D eigenvalue weighted by molar-refractivity contribution is 5.93. The van der Waals surface area contributed by atoms with Crippen LogP contribution in [0, 0.1) is 0 Å². The zero-order valence-corrected chi connectivity index (χ0v) is 12.2. The third kappa shape index (κ3) is 3.44. The predicted molar refractivity (Wildman–Crippen MR) is 76.5 cm³/mol. The van der Waals surface area contributed by atoms with Crippen LogP contribution in [0.15, 0.2) is 18.2 Å². The third-order valence-corrected chi connectivity index (χ3v) is 3.70. The number of hydrogen-bond acceptors (Lipinski definition) is 4. The number of ether oxygens (including phenoxy) is 3. The number of methoxy groups -OCH3 is 2. The van der Waals surface area contributed by atoms with Gasteiger partial charge in [-0.2, -0.15) is 0 Å². The topological polar surface area (TPSA) is 44.8 Å². The molecule has 1 aliphatic rings. The monoisotopic (exact) mass is 278 g/mol. The smallest absolute Gasteiger partial charge is 0.342 e. The van der Waals surface area contributed by atoms with Crippen molar-refractivity contribution in [3.63, 3.8) is 0 Å². The van der Waals surface area contributed by atoms with Gasteiger partial charge < -0.3 is 14.2 Å². The van der Waals surface area contributed by atoms with Crippen LogP contribution < -0.4 is 9.47 Å². The van der Waals surface area contributed by atoms with Gasteiger partial charge in [0.25, 0.3) is 0 Å². The SMILES string of the molecule is COc1cccc(C(=O)OC2CCCCCC2)c1OC. The first-order valence-electron chi connectivity index (χ1n) is 7.18. The van der Waals surface area contributed by atoms with Crippen molar-refractivity contribution in [3.05, 3.63) is 23.8 Å². The summed E-state index contributed by atoms with van der Waals surface area (Å²) >= 11 is 0. The minimum Gasteiger partial charge on any atom is -0.493 e. The molecule has 1 aliphatic carbocycles. The Hall–Kier alpha value is -1.71. The molecule has 4 heteroatoms. The summed E-state index contributed by atoms with van der Waals surface area (Å²) in [5.41, 5.74) is 0.427. The van der Waals surface area contributed by atoms with Crippen molar-refractivity contribution in [2.45, 2.75) is 44.6 Å². The molecule has 1 fully saturated rings. The van der Waals surface area contributed by atoms with E-state index >= 15 is 0 Å². The van der Waals surface area contributed by atoms with Crippen molar-refractivity contribution in [2.75, 3.05) is 14.2 Å². The lowest BCUT2D eigenvalue weighted by Gasteiger charge is -2.17. The van der Waals surface area contributed by atoms with Gasteiger partial charge in [0.2, 0.25) is 0 Å². The van der Waals surface area contributed by atoms with Crippen molar-refractivity contribution < 1.29 is 19.0 Å². The molecule has 20 heavy (non-hydrogen) atoms. The fourth-order valence-corrected chi connectivity index (χ4v) is 2.62. The fourth-order valence-electron chi connectivity index (χ4n) is 2.62. The largest absolute Gasteiger partial charge is 0.493 e. The molecule has 0 spiro atoms. The van der Waals surface area contributed by atoms with Crippen molar-refractivity contribution in [1.29, 1.82) is 0 Å². The third-order valence-electron chi connectivity index (χ3n) is 3.70. The van der Waals surface area contributed by atoms with Gasteiger partial charge in [-0.1, -0.05) is 18.9 Å². The lowest BCUT2D eigenvalue weighted by Crippen LogP contribution is -2.18. The van der Waals surface area contributed by atoms with Crippen LogP contribution in [0.2, 0.25) is 0 Å². The van der Waals surface area contributed by atoms with E-state index in [1.165, 1.54) is 20.0 Å². The summed E-state index contributed by atoms with van der Waals surface area (Å²) < 4.78 is 16.1. The number of carbonyl (C=O) groups excluding carboxylic acids is 1. The van der Waals surface area contributed by atoms with Gasteiger partial charge in [-0.15, -0.1) is 0 Å². The van der Waals surface area contributed by atoms with Crippen molar-refractivity contribution >= 4 is 5.97 Å². The molecule has 0 amide bonds. The summed E-state index contributed by atoms with van der Waals surface area (Å²) in [6.07, 6.45) is 6.67. The lowest BCUT2D eigenvalue weighted by atomic mass is 10.1. The van der Waals surface area contributed by atoms with Crippen LogP contribution in [-0.4, -0.2) is 26.3 Å². The molecule has 4 nitrogen and oxygen atoms in total. The molecular weight excluding hydrogens is 256 g/mol. The Morgan fingerprint density at radius 1 is 1.05 bits per heavy atom. The highest BCUT2D eigenvalue weighted by Gasteiger charge is 2.22. The number of para-hydroxylation sites is 1. The Balaban J connectivity index is 2.12. The van der Waals surface area contributed by atoms with E-state index in [0.717, 1.165) is 25.7 Å². The van der Waals surface area contributed by atoms with Gasteiger partial charge in [0, 0.05) is 0 Å². The van der Waals surface area contributed by atoms with Gasteiger partial charge in [0.1, 0.15) is 11.7 Å². The molecule has 0 bridgehead atoms. The van der Waals surface area contributed by atoms with Gasteiger partial charge in [0.05, 0.1) is 14.2 Å². The molecule has 1 aromatic carbocycles. The number of benzene rings is 1. The summed E-state index contributed by atoms with van der Waals surface area (Å²) in [6.45, 7) is 0. The van der Waals surface area contributed by atoms with E-state index in [9.17, 15) is 4.79 Å². The molecule has 0 aromatic heterocycles. The van der Waals surface area contributed by atoms with Crippen LogP contribution in [0.3, 0.4) is 0 Å². The maximum atomic E-state index is 12.3.